The molecular weight excluding hydrogens is 406 g/mol. The number of hydrogen-bond acceptors (Lipinski definition) is 4. The van der Waals surface area contributed by atoms with Crippen LogP contribution in [0.15, 0.2) is 58.1 Å². The summed E-state index contributed by atoms with van der Waals surface area (Å²) in [6, 6.07) is 14.3. The molecule has 2 N–H and O–H groups in total. The number of benzene rings is 2. The molecule has 1 fully saturated rings. The first-order chi connectivity index (χ1) is 13.0. The molecule has 1 aromatic heterocycles. The predicted octanol–water partition coefficient (Wildman–Crippen LogP) is 4.73. The topological polar surface area (TPSA) is 74.6 Å². The van der Waals surface area contributed by atoms with Crippen LogP contribution in [0.1, 0.15) is 47.3 Å². The summed E-state index contributed by atoms with van der Waals surface area (Å²) in [5, 5.41) is 14.4. The Morgan fingerprint density at radius 3 is 2.63 bits per heavy atom. The quantitative estimate of drug-likeness (QED) is 0.470. The lowest BCUT2D eigenvalue weighted by Crippen LogP contribution is -2.20. The number of nitrogens with zero attached hydrogens (tertiary/aromatic N) is 2. The first-order valence-corrected chi connectivity index (χ1v) is 9.55. The highest BCUT2D eigenvalue weighted by Crippen LogP contribution is 2.40. The summed E-state index contributed by atoms with van der Waals surface area (Å²) in [4.78, 5) is 17.6. The maximum absolute atomic E-state index is 12.9. The molecule has 1 aliphatic rings. The smallest absolute Gasteiger partial charge is 0.272 e. The molecule has 0 aliphatic heterocycles. The number of hydrazone groups is 1. The average molecular weight is 424 g/mol. The van der Waals surface area contributed by atoms with E-state index >= 15 is 0 Å². The summed E-state index contributed by atoms with van der Waals surface area (Å²) in [6.07, 6.45) is 2.24. The van der Waals surface area contributed by atoms with Crippen molar-refractivity contribution < 1.29 is 9.90 Å². The number of aromatic hydroxyl groups is 1. The van der Waals surface area contributed by atoms with Gasteiger partial charge in [-0.05, 0) is 73.9 Å². The minimum atomic E-state index is -0.263. The van der Waals surface area contributed by atoms with E-state index in [0.29, 0.717) is 17.2 Å². The molecule has 3 aromatic rings. The van der Waals surface area contributed by atoms with E-state index < -0.39 is 0 Å². The summed E-state index contributed by atoms with van der Waals surface area (Å²) in [5.41, 5.74) is 6.49. The molecule has 0 bridgehead atoms. The van der Waals surface area contributed by atoms with Crippen molar-refractivity contribution >= 4 is 38.5 Å². The second kappa shape index (κ2) is 7.12. The van der Waals surface area contributed by atoms with Gasteiger partial charge in [-0.1, -0.05) is 15.9 Å². The number of fused-ring (bicyclic) bond motifs is 1. The number of pyridine rings is 1. The molecule has 5 nitrogen and oxygen atoms in total. The molecule has 0 unspecified atom stereocenters. The first kappa shape index (κ1) is 17.7. The van der Waals surface area contributed by atoms with E-state index in [1.807, 2.05) is 31.2 Å². The number of carbonyl (C=O) groups excluding carboxylic acids is 1. The Morgan fingerprint density at radius 1 is 1.19 bits per heavy atom. The van der Waals surface area contributed by atoms with Crippen LogP contribution in [0.5, 0.6) is 5.75 Å². The van der Waals surface area contributed by atoms with Gasteiger partial charge in [0.15, 0.2) is 0 Å². The highest BCUT2D eigenvalue weighted by atomic mass is 79.9. The van der Waals surface area contributed by atoms with Crippen molar-refractivity contribution in [1.82, 2.24) is 10.4 Å². The molecular formula is C21H18BrN3O2. The van der Waals surface area contributed by atoms with Crippen molar-refractivity contribution in [2.75, 3.05) is 0 Å². The fourth-order valence-corrected chi connectivity index (χ4v) is 3.32. The van der Waals surface area contributed by atoms with Crippen LogP contribution in [-0.4, -0.2) is 21.7 Å². The third kappa shape index (κ3) is 3.85. The lowest BCUT2D eigenvalue weighted by atomic mass is 10.1. The van der Waals surface area contributed by atoms with Gasteiger partial charge in [0.05, 0.1) is 16.8 Å². The monoisotopic (exact) mass is 423 g/mol. The Bertz CT molecular complexity index is 1060. The van der Waals surface area contributed by atoms with Gasteiger partial charge in [-0.3, -0.25) is 9.78 Å². The van der Waals surface area contributed by atoms with Crippen molar-refractivity contribution in [3.05, 3.63) is 69.8 Å². The minimum Gasteiger partial charge on any atom is -0.508 e. The summed E-state index contributed by atoms with van der Waals surface area (Å²) >= 11 is 3.47. The SMILES string of the molecule is C/C(=N/NC(=O)c1cc(C2CC2)nc2ccc(Br)cc12)c1ccc(O)cc1. The normalized spacial score (nSPS) is 14.4. The largest absolute Gasteiger partial charge is 0.508 e. The Labute approximate surface area is 165 Å². The van der Waals surface area contributed by atoms with Crippen molar-refractivity contribution in [2.45, 2.75) is 25.7 Å². The van der Waals surface area contributed by atoms with Gasteiger partial charge in [0.25, 0.3) is 5.91 Å². The minimum absolute atomic E-state index is 0.192. The number of nitrogens with one attached hydrogen (secondary N) is 1. The number of halogens is 1. The van der Waals surface area contributed by atoms with Crippen LogP contribution in [0, 0.1) is 0 Å². The molecule has 0 atom stereocenters. The molecule has 4 rings (SSSR count). The van der Waals surface area contributed by atoms with Crippen LogP contribution >= 0.6 is 15.9 Å². The number of phenolic OH excluding ortho intramolecular Hbond substituents is 1. The van der Waals surface area contributed by atoms with Gasteiger partial charge >= 0.3 is 0 Å². The summed E-state index contributed by atoms with van der Waals surface area (Å²) in [7, 11) is 0. The fraction of sp³-hybridized carbons (Fsp3) is 0.190. The summed E-state index contributed by atoms with van der Waals surface area (Å²) in [6.45, 7) is 1.81. The zero-order chi connectivity index (χ0) is 19.0. The standard InChI is InChI=1S/C21H18BrN3O2/c1-12(13-4-7-16(26)8-5-13)24-25-21(27)18-11-20(14-2-3-14)23-19-9-6-15(22)10-17(18)19/h4-11,14,26H,2-3H2,1H3,(H,25,27)/b24-12-. The molecule has 1 amide bonds. The molecule has 1 heterocycles. The molecule has 6 heteroatoms. The van der Waals surface area contributed by atoms with E-state index in [9.17, 15) is 9.90 Å². The van der Waals surface area contributed by atoms with Crippen molar-refractivity contribution in [2.24, 2.45) is 5.10 Å². The number of aromatic nitrogens is 1. The molecule has 1 saturated carbocycles. The lowest BCUT2D eigenvalue weighted by molar-refractivity contribution is 0.0956. The Morgan fingerprint density at radius 2 is 1.93 bits per heavy atom. The Hall–Kier alpha value is -2.73. The van der Waals surface area contributed by atoms with E-state index in [0.717, 1.165) is 39.5 Å². The molecule has 0 spiro atoms. The highest BCUT2D eigenvalue weighted by Gasteiger charge is 2.27. The maximum Gasteiger partial charge on any atom is 0.272 e. The van der Waals surface area contributed by atoms with E-state index in [1.165, 1.54) is 0 Å². The van der Waals surface area contributed by atoms with Crippen LogP contribution in [0.25, 0.3) is 10.9 Å². The van der Waals surface area contributed by atoms with Crippen LogP contribution < -0.4 is 5.43 Å². The Balaban J connectivity index is 1.66. The van der Waals surface area contributed by atoms with Crippen LogP contribution in [0.2, 0.25) is 0 Å². The van der Waals surface area contributed by atoms with Gasteiger partial charge in [0.1, 0.15) is 5.75 Å². The predicted molar refractivity (Wildman–Crippen MR) is 109 cm³/mol. The number of carbonyl (C=O) groups is 1. The molecule has 1 aliphatic carbocycles. The third-order valence-corrected chi connectivity index (χ3v) is 5.13. The average Bonchev–Trinajstić information content (AvgIpc) is 3.51. The van der Waals surface area contributed by atoms with Crippen molar-refractivity contribution in [1.29, 1.82) is 0 Å². The maximum atomic E-state index is 12.9. The van der Waals surface area contributed by atoms with Gasteiger partial charge in [0, 0.05) is 21.5 Å². The van der Waals surface area contributed by atoms with Gasteiger partial charge in [-0.15, -0.1) is 0 Å². The van der Waals surface area contributed by atoms with Crippen LogP contribution in [0.3, 0.4) is 0 Å². The van der Waals surface area contributed by atoms with E-state index in [-0.39, 0.29) is 11.7 Å². The first-order valence-electron chi connectivity index (χ1n) is 8.75. The summed E-state index contributed by atoms with van der Waals surface area (Å²) in [5.74, 6) is 0.379. The van der Waals surface area contributed by atoms with Crippen molar-refractivity contribution in [3.63, 3.8) is 0 Å². The zero-order valence-electron chi connectivity index (χ0n) is 14.7. The van der Waals surface area contributed by atoms with Gasteiger partial charge in [0.2, 0.25) is 0 Å². The van der Waals surface area contributed by atoms with E-state index in [1.54, 1.807) is 24.3 Å². The number of hydrogen-bond donors (Lipinski definition) is 2. The third-order valence-electron chi connectivity index (χ3n) is 4.64. The van der Waals surface area contributed by atoms with Crippen LogP contribution in [0.4, 0.5) is 0 Å². The summed E-state index contributed by atoms with van der Waals surface area (Å²) < 4.78 is 0.897. The molecule has 0 radical (unpaired) electrons. The van der Waals surface area contributed by atoms with Crippen LogP contribution in [-0.2, 0) is 0 Å². The van der Waals surface area contributed by atoms with Gasteiger partial charge in [-0.25, -0.2) is 5.43 Å². The highest BCUT2D eigenvalue weighted by molar-refractivity contribution is 9.10. The van der Waals surface area contributed by atoms with Gasteiger partial charge in [-0.2, -0.15) is 5.10 Å². The second-order valence-electron chi connectivity index (χ2n) is 6.72. The molecule has 27 heavy (non-hydrogen) atoms. The number of rotatable bonds is 4. The Kier molecular flexibility index (Phi) is 4.66. The number of amides is 1. The fourth-order valence-electron chi connectivity index (χ4n) is 2.96. The van der Waals surface area contributed by atoms with Crippen molar-refractivity contribution in [3.8, 4) is 5.75 Å². The molecule has 136 valence electrons. The van der Waals surface area contributed by atoms with E-state index in [2.05, 4.69) is 26.5 Å². The van der Waals surface area contributed by atoms with E-state index in [4.69, 9.17) is 4.98 Å². The number of phenols is 1. The molecule has 0 saturated heterocycles. The lowest BCUT2D eigenvalue weighted by Gasteiger charge is -2.09. The van der Waals surface area contributed by atoms with Gasteiger partial charge < -0.3 is 5.11 Å². The molecule has 2 aromatic carbocycles. The second-order valence-corrected chi connectivity index (χ2v) is 7.63. The zero-order valence-corrected chi connectivity index (χ0v) is 16.3.